The SMILES string of the molecule is Ic1ccc(O[C@@H]2CCC[C@H](OC3CCNCC3)C2)cc1. The van der Waals surface area contributed by atoms with Crippen molar-refractivity contribution in [1.29, 1.82) is 0 Å². The van der Waals surface area contributed by atoms with Crippen LogP contribution in [0.25, 0.3) is 0 Å². The molecule has 1 aliphatic heterocycles. The standard InChI is InChI=1S/C17H24INO2/c18-13-4-6-14(7-5-13)20-16-2-1-3-17(12-16)21-15-8-10-19-11-9-15/h4-7,15-17,19H,1-3,8-12H2/t16-,17+/m1/s1. The van der Waals surface area contributed by atoms with Gasteiger partial charge in [0.15, 0.2) is 0 Å². The average Bonchev–Trinajstić information content (AvgIpc) is 2.51. The summed E-state index contributed by atoms with van der Waals surface area (Å²) in [5.41, 5.74) is 0. The summed E-state index contributed by atoms with van der Waals surface area (Å²) in [5.74, 6) is 0.989. The van der Waals surface area contributed by atoms with Gasteiger partial charge in [-0.25, -0.2) is 0 Å². The molecule has 0 aromatic heterocycles. The fraction of sp³-hybridized carbons (Fsp3) is 0.647. The molecule has 0 amide bonds. The molecule has 21 heavy (non-hydrogen) atoms. The second-order valence-corrected chi connectivity index (χ2v) is 7.31. The fourth-order valence-corrected chi connectivity index (χ4v) is 3.60. The first kappa shape index (κ1) is 15.6. The Kier molecular flexibility index (Phi) is 5.77. The Labute approximate surface area is 140 Å². The molecule has 3 rings (SSSR count). The Balaban J connectivity index is 1.49. The summed E-state index contributed by atoms with van der Waals surface area (Å²) >= 11 is 2.32. The van der Waals surface area contributed by atoms with E-state index < -0.39 is 0 Å². The van der Waals surface area contributed by atoms with Gasteiger partial charge in [0.25, 0.3) is 0 Å². The van der Waals surface area contributed by atoms with Gasteiger partial charge in [-0.3, -0.25) is 0 Å². The number of nitrogens with one attached hydrogen (secondary N) is 1. The molecule has 1 aliphatic carbocycles. The van der Waals surface area contributed by atoms with E-state index in [9.17, 15) is 0 Å². The van der Waals surface area contributed by atoms with Crippen LogP contribution >= 0.6 is 22.6 Å². The van der Waals surface area contributed by atoms with Crippen molar-refractivity contribution in [3.63, 3.8) is 0 Å². The largest absolute Gasteiger partial charge is 0.490 e. The van der Waals surface area contributed by atoms with Crippen molar-refractivity contribution < 1.29 is 9.47 Å². The van der Waals surface area contributed by atoms with E-state index >= 15 is 0 Å². The van der Waals surface area contributed by atoms with Gasteiger partial charge in [0.05, 0.1) is 12.2 Å². The molecule has 2 aliphatic rings. The molecule has 0 bridgehead atoms. The first-order valence-electron chi connectivity index (χ1n) is 8.08. The van der Waals surface area contributed by atoms with Crippen molar-refractivity contribution in [2.45, 2.75) is 56.8 Å². The zero-order chi connectivity index (χ0) is 14.5. The lowest BCUT2D eigenvalue weighted by molar-refractivity contribution is -0.0615. The second-order valence-electron chi connectivity index (χ2n) is 6.07. The van der Waals surface area contributed by atoms with E-state index in [2.05, 4.69) is 52.2 Å². The van der Waals surface area contributed by atoms with Gasteiger partial charge in [0.2, 0.25) is 0 Å². The van der Waals surface area contributed by atoms with Gasteiger partial charge in [-0.1, -0.05) is 0 Å². The number of hydrogen-bond donors (Lipinski definition) is 1. The van der Waals surface area contributed by atoms with E-state index in [1.165, 1.54) is 16.4 Å². The lowest BCUT2D eigenvalue weighted by Gasteiger charge is -2.33. The van der Waals surface area contributed by atoms with Crippen LogP contribution in [-0.4, -0.2) is 31.4 Å². The van der Waals surface area contributed by atoms with Gasteiger partial charge < -0.3 is 14.8 Å². The molecule has 1 aromatic carbocycles. The molecule has 2 fully saturated rings. The van der Waals surface area contributed by atoms with Gasteiger partial charge >= 0.3 is 0 Å². The minimum Gasteiger partial charge on any atom is -0.490 e. The number of piperidine rings is 1. The molecule has 1 saturated carbocycles. The number of rotatable bonds is 4. The smallest absolute Gasteiger partial charge is 0.119 e. The van der Waals surface area contributed by atoms with Crippen molar-refractivity contribution in [2.24, 2.45) is 0 Å². The van der Waals surface area contributed by atoms with Crippen molar-refractivity contribution in [3.8, 4) is 5.75 Å². The van der Waals surface area contributed by atoms with E-state index in [-0.39, 0.29) is 0 Å². The van der Waals surface area contributed by atoms with Crippen LogP contribution in [-0.2, 0) is 4.74 Å². The highest BCUT2D eigenvalue weighted by Crippen LogP contribution is 2.27. The van der Waals surface area contributed by atoms with Crippen molar-refractivity contribution in [3.05, 3.63) is 27.8 Å². The summed E-state index contributed by atoms with van der Waals surface area (Å²) in [6.07, 6.45) is 8.04. The highest BCUT2D eigenvalue weighted by Gasteiger charge is 2.26. The Morgan fingerprint density at radius 2 is 1.62 bits per heavy atom. The third kappa shape index (κ3) is 4.83. The predicted molar refractivity (Wildman–Crippen MR) is 92.8 cm³/mol. The quantitative estimate of drug-likeness (QED) is 0.780. The molecule has 1 heterocycles. The molecule has 1 N–H and O–H groups in total. The normalized spacial score (nSPS) is 27.5. The van der Waals surface area contributed by atoms with Crippen molar-refractivity contribution >= 4 is 22.6 Å². The van der Waals surface area contributed by atoms with Gasteiger partial charge in [-0.2, -0.15) is 0 Å². The first-order chi connectivity index (χ1) is 10.3. The molecule has 0 spiro atoms. The Hall–Kier alpha value is -0.330. The lowest BCUT2D eigenvalue weighted by Crippen LogP contribution is -2.37. The number of benzene rings is 1. The van der Waals surface area contributed by atoms with Gasteiger partial charge in [0.1, 0.15) is 11.9 Å². The lowest BCUT2D eigenvalue weighted by atomic mass is 9.94. The Bertz CT molecular complexity index is 431. The number of ether oxygens (including phenoxy) is 2. The monoisotopic (exact) mass is 401 g/mol. The Morgan fingerprint density at radius 3 is 2.38 bits per heavy atom. The first-order valence-corrected chi connectivity index (χ1v) is 9.16. The second kappa shape index (κ2) is 7.79. The molecule has 4 heteroatoms. The van der Waals surface area contributed by atoms with E-state index in [1.807, 2.05) is 0 Å². The van der Waals surface area contributed by atoms with Crippen LogP contribution < -0.4 is 10.1 Å². The number of hydrogen-bond acceptors (Lipinski definition) is 3. The van der Waals surface area contributed by atoms with E-state index in [0.717, 1.165) is 44.5 Å². The molecular formula is C17H24INO2. The zero-order valence-corrected chi connectivity index (χ0v) is 14.6. The fourth-order valence-electron chi connectivity index (χ4n) is 3.24. The van der Waals surface area contributed by atoms with E-state index in [4.69, 9.17) is 9.47 Å². The summed E-state index contributed by atoms with van der Waals surface area (Å²) in [4.78, 5) is 0. The summed E-state index contributed by atoms with van der Waals surface area (Å²) in [6, 6.07) is 8.33. The third-order valence-electron chi connectivity index (χ3n) is 4.37. The van der Waals surface area contributed by atoms with E-state index in [0.29, 0.717) is 18.3 Å². The maximum atomic E-state index is 6.30. The Morgan fingerprint density at radius 1 is 0.905 bits per heavy atom. The van der Waals surface area contributed by atoms with Crippen LogP contribution in [0.2, 0.25) is 0 Å². The molecule has 3 nitrogen and oxygen atoms in total. The minimum atomic E-state index is 0.311. The minimum absolute atomic E-state index is 0.311. The summed E-state index contributed by atoms with van der Waals surface area (Å²) in [7, 11) is 0. The zero-order valence-electron chi connectivity index (χ0n) is 12.4. The molecular weight excluding hydrogens is 377 g/mol. The van der Waals surface area contributed by atoms with Crippen LogP contribution in [0.3, 0.4) is 0 Å². The van der Waals surface area contributed by atoms with Gasteiger partial charge in [-0.05, 0) is 92.0 Å². The molecule has 0 radical (unpaired) electrons. The van der Waals surface area contributed by atoms with Crippen LogP contribution in [0.4, 0.5) is 0 Å². The maximum absolute atomic E-state index is 6.30. The molecule has 0 unspecified atom stereocenters. The van der Waals surface area contributed by atoms with E-state index in [1.54, 1.807) is 0 Å². The van der Waals surface area contributed by atoms with Crippen molar-refractivity contribution in [2.75, 3.05) is 13.1 Å². The summed E-state index contributed by atoms with van der Waals surface area (Å²) in [6.45, 7) is 2.19. The molecule has 1 saturated heterocycles. The molecule has 116 valence electrons. The van der Waals surface area contributed by atoms with Crippen LogP contribution in [0, 0.1) is 3.57 Å². The highest BCUT2D eigenvalue weighted by atomic mass is 127. The summed E-state index contributed by atoms with van der Waals surface area (Å²) in [5, 5.41) is 3.39. The van der Waals surface area contributed by atoms with Crippen molar-refractivity contribution in [1.82, 2.24) is 5.32 Å². The van der Waals surface area contributed by atoms with Crippen LogP contribution in [0.1, 0.15) is 38.5 Å². The highest BCUT2D eigenvalue weighted by molar-refractivity contribution is 14.1. The summed E-state index contributed by atoms with van der Waals surface area (Å²) < 4.78 is 13.7. The third-order valence-corrected chi connectivity index (χ3v) is 5.08. The average molecular weight is 401 g/mol. The predicted octanol–water partition coefficient (Wildman–Crippen LogP) is 3.75. The topological polar surface area (TPSA) is 30.5 Å². The van der Waals surface area contributed by atoms with Crippen LogP contribution in [0.15, 0.2) is 24.3 Å². The van der Waals surface area contributed by atoms with Gasteiger partial charge in [0, 0.05) is 9.99 Å². The molecule has 1 aromatic rings. The number of halogens is 1. The molecule has 2 atom stereocenters. The maximum Gasteiger partial charge on any atom is 0.119 e. The van der Waals surface area contributed by atoms with Crippen LogP contribution in [0.5, 0.6) is 5.75 Å². The van der Waals surface area contributed by atoms with Gasteiger partial charge in [-0.15, -0.1) is 0 Å².